The number of ketones is 1. The van der Waals surface area contributed by atoms with Crippen molar-refractivity contribution >= 4 is 5.78 Å². The van der Waals surface area contributed by atoms with Gasteiger partial charge in [-0.15, -0.1) is 0 Å². The first-order valence-electron chi connectivity index (χ1n) is 6.21. The fourth-order valence-electron chi connectivity index (χ4n) is 2.23. The largest absolute Gasteiger partial charge is 0.292 e. The van der Waals surface area contributed by atoms with Crippen LogP contribution in [0.3, 0.4) is 0 Å². The van der Waals surface area contributed by atoms with E-state index in [1.807, 2.05) is 32.0 Å². The lowest BCUT2D eigenvalue weighted by Crippen LogP contribution is -2.29. The van der Waals surface area contributed by atoms with Gasteiger partial charge in [0.25, 0.3) is 0 Å². The summed E-state index contributed by atoms with van der Waals surface area (Å²) in [4.78, 5) is 12.5. The lowest BCUT2D eigenvalue weighted by Gasteiger charge is -2.24. The van der Waals surface area contributed by atoms with Crippen molar-refractivity contribution in [2.24, 2.45) is 5.41 Å². The number of hydrogen-bond acceptors (Lipinski definition) is 2. The van der Waals surface area contributed by atoms with Gasteiger partial charge in [0, 0.05) is 5.56 Å². The fraction of sp³-hybridized carbons (Fsp3) is 0.467. The van der Waals surface area contributed by atoms with Crippen LogP contribution >= 0.6 is 0 Å². The summed E-state index contributed by atoms with van der Waals surface area (Å²) in [6.45, 7) is 4.03. The van der Waals surface area contributed by atoms with Gasteiger partial charge in [0.1, 0.15) is 5.41 Å². The minimum atomic E-state index is -0.829. The molecule has 0 aliphatic heterocycles. The molecular weight excluding hydrogens is 210 g/mol. The van der Waals surface area contributed by atoms with E-state index in [4.69, 9.17) is 0 Å². The number of rotatable bonds is 6. The number of hydrogen-bond donors (Lipinski definition) is 0. The number of carbonyl (C=O) groups excluding carboxylic acids is 1. The van der Waals surface area contributed by atoms with Crippen molar-refractivity contribution in [3.05, 3.63) is 35.9 Å². The van der Waals surface area contributed by atoms with Crippen molar-refractivity contribution in [3.8, 4) is 6.07 Å². The van der Waals surface area contributed by atoms with Crippen molar-refractivity contribution in [1.29, 1.82) is 5.26 Å². The van der Waals surface area contributed by atoms with Crippen molar-refractivity contribution in [3.63, 3.8) is 0 Å². The molecule has 1 aromatic rings. The second-order valence-electron chi connectivity index (χ2n) is 4.39. The van der Waals surface area contributed by atoms with E-state index >= 15 is 0 Å². The summed E-state index contributed by atoms with van der Waals surface area (Å²) in [5.41, 5.74) is -0.179. The number of Topliss-reactive ketones (excluding diaryl/α,β-unsaturated/α-hetero) is 1. The molecule has 1 aromatic carbocycles. The van der Waals surface area contributed by atoms with E-state index in [1.165, 1.54) is 0 Å². The van der Waals surface area contributed by atoms with Gasteiger partial charge in [0.05, 0.1) is 6.07 Å². The number of nitriles is 1. The monoisotopic (exact) mass is 229 g/mol. The van der Waals surface area contributed by atoms with Crippen LogP contribution in [-0.4, -0.2) is 5.78 Å². The van der Waals surface area contributed by atoms with E-state index in [1.54, 1.807) is 12.1 Å². The molecule has 0 unspecified atom stereocenters. The molecule has 0 saturated carbocycles. The molecule has 0 aliphatic carbocycles. The molecule has 0 fully saturated rings. The third kappa shape index (κ3) is 2.94. The molecule has 0 bridgehead atoms. The Kier molecular flexibility index (Phi) is 4.90. The van der Waals surface area contributed by atoms with Crippen LogP contribution in [0.1, 0.15) is 49.9 Å². The Bertz CT molecular complexity index is 397. The van der Waals surface area contributed by atoms with Crippen LogP contribution in [0.5, 0.6) is 0 Å². The standard InChI is InChI=1S/C15H19NO/c1-3-10-15(12-16,11-4-2)14(17)13-8-6-5-7-9-13/h5-9H,3-4,10-11H2,1-2H3. The van der Waals surface area contributed by atoms with Crippen LogP contribution < -0.4 is 0 Å². The Morgan fingerprint density at radius 1 is 1.18 bits per heavy atom. The molecule has 2 heteroatoms. The second-order valence-corrected chi connectivity index (χ2v) is 4.39. The van der Waals surface area contributed by atoms with Crippen LogP contribution in [0.4, 0.5) is 0 Å². The maximum Gasteiger partial charge on any atom is 0.183 e. The van der Waals surface area contributed by atoms with Gasteiger partial charge in [-0.25, -0.2) is 0 Å². The van der Waals surface area contributed by atoms with Crippen LogP contribution in [-0.2, 0) is 0 Å². The van der Waals surface area contributed by atoms with E-state index in [-0.39, 0.29) is 5.78 Å². The number of carbonyl (C=O) groups is 1. The smallest absolute Gasteiger partial charge is 0.183 e. The van der Waals surface area contributed by atoms with E-state index in [2.05, 4.69) is 6.07 Å². The summed E-state index contributed by atoms with van der Waals surface area (Å²) in [6.07, 6.45) is 2.99. The predicted octanol–water partition coefficient (Wildman–Crippen LogP) is 3.98. The molecule has 0 aliphatic rings. The molecule has 0 atom stereocenters. The first-order chi connectivity index (χ1) is 8.20. The molecule has 1 rings (SSSR count). The summed E-state index contributed by atoms with van der Waals surface area (Å²) in [5.74, 6) is -0.0238. The van der Waals surface area contributed by atoms with Gasteiger partial charge in [-0.3, -0.25) is 4.79 Å². The van der Waals surface area contributed by atoms with Gasteiger partial charge in [-0.1, -0.05) is 57.0 Å². The molecule has 0 N–H and O–H groups in total. The Balaban J connectivity index is 3.07. The SMILES string of the molecule is CCCC(C#N)(CCC)C(=O)c1ccccc1. The summed E-state index contributed by atoms with van der Waals surface area (Å²) >= 11 is 0. The summed E-state index contributed by atoms with van der Waals surface area (Å²) < 4.78 is 0. The van der Waals surface area contributed by atoms with Gasteiger partial charge >= 0.3 is 0 Å². The minimum Gasteiger partial charge on any atom is -0.292 e. The fourth-order valence-corrected chi connectivity index (χ4v) is 2.23. The highest BCUT2D eigenvalue weighted by Crippen LogP contribution is 2.33. The predicted molar refractivity (Wildman–Crippen MR) is 68.6 cm³/mol. The van der Waals surface area contributed by atoms with Gasteiger partial charge < -0.3 is 0 Å². The molecule has 0 saturated heterocycles. The normalized spacial score (nSPS) is 10.9. The molecule has 2 nitrogen and oxygen atoms in total. The zero-order chi connectivity index (χ0) is 12.7. The zero-order valence-electron chi connectivity index (χ0n) is 10.6. The van der Waals surface area contributed by atoms with Crippen molar-refractivity contribution < 1.29 is 4.79 Å². The Hall–Kier alpha value is -1.62. The molecular formula is C15H19NO. The maximum atomic E-state index is 12.5. The van der Waals surface area contributed by atoms with E-state index in [0.29, 0.717) is 18.4 Å². The third-order valence-corrected chi connectivity index (χ3v) is 3.04. The van der Waals surface area contributed by atoms with Gasteiger partial charge in [-0.2, -0.15) is 5.26 Å². The Labute approximate surface area is 103 Å². The van der Waals surface area contributed by atoms with Gasteiger partial charge in [-0.05, 0) is 12.8 Å². The van der Waals surface area contributed by atoms with Crippen LogP contribution in [0.15, 0.2) is 30.3 Å². The van der Waals surface area contributed by atoms with Crippen molar-refractivity contribution in [2.75, 3.05) is 0 Å². The Morgan fingerprint density at radius 3 is 2.12 bits per heavy atom. The molecule has 0 aromatic heterocycles. The maximum absolute atomic E-state index is 12.5. The molecule has 17 heavy (non-hydrogen) atoms. The van der Waals surface area contributed by atoms with E-state index in [0.717, 1.165) is 12.8 Å². The number of nitrogens with zero attached hydrogens (tertiary/aromatic N) is 1. The third-order valence-electron chi connectivity index (χ3n) is 3.04. The highest BCUT2D eigenvalue weighted by molar-refractivity contribution is 6.02. The topological polar surface area (TPSA) is 40.9 Å². The molecule has 90 valence electrons. The van der Waals surface area contributed by atoms with Gasteiger partial charge in [0.2, 0.25) is 0 Å². The van der Waals surface area contributed by atoms with Crippen molar-refractivity contribution in [1.82, 2.24) is 0 Å². The van der Waals surface area contributed by atoms with Gasteiger partial charge in [0.15, 0.2) is 5.78 Å². The van der Waals surface area contributed by atoms with E-state index < -0.39 is 5.41 Å². The average Bonchev–Trinajstić information content (AvgIpc) is 2.38. The average molecular weight is 229 g/mol. The lowest BCUT2D eigenvalue weighted by molar-refractivity contribution is 0.0836. The van der Waals surface area contributed by atoms with Crippen LogP contribution in [0.25, 0.3) is 0 Å². The van der Waals surface area contributed by atoms with Crippen LogP contribution in [0, 0.1) is 16.7 Å². The van der Waals surface area contributed by atoms with Crippen molar-refractivity contribution in [2.45, 2.75) is 39.5 Å². The first-order valence-corrected chi connectivity index (χ1v) is 6.21. The second kappa shape index (κ2) is 6.20. The summed E-state index contributed by atoms with van der Waals surface area (Å²) in [7, 11) is 0. The highest BCUT2D eigenvalue weighted by atomic mass is 16.1. The minimum absolute atomic E-state index is 0.0238. The Morgan fingerprint density at radius 2 is 1.71 bits per heavy atom. The zero-order valence-corrected chi connectivity index (χ0v) is 10.6. The molecule has 0 spiro atoms. The quantitative estimate of drug-likeness (QED) is 0.692. The highest BCUT2D eigenvalue weighted by Gasteiger charge is 2.37. The van der Waals surface area contributed by atoms with Crippen LogP contribution in [0.2, 0.25) is 0 Å². The molecule has 0 radical (unpaired) electrons. The molecule has 0 heterocycles. The summed E-state index contributed by atoms with van der Waals surface area (Å²) in [6, 6.07) is 11.4. The first kappa shape index (κ1) is 13.4. The summed E-state index contributed by atoms with van der Waals surface area (Å²) in [5, 5.41) is 9.40. The van der Waals surface area contributed by atoms with E-state index in [9.17, 15) is 10.1 Å². The lowest BCUT2D eigenvalue weighted by atomic mass is 9.75. The number of benzene rings is 1. The molecule has 0 amide bonds.